The molecule has 144 valence electrons. The lowest BCUT2D eigenvalue weighted by Crippen LogP contribution is -2.50. The van der Waals surface area contributed by atoms with E-state index in [0.29, 0.717) is 51.7 Å². The van der Waals surface area contributed by atoms with Crippen molar-refractivity contribution < 1.29 is 32.2 Å². The van der Waals surface area contributed by atoms with E-state index < -0.39 is 17.8 Å². The van der Waals surface area contributed by atoms with E-state index in [2.05, 4.69) is 0 Å². The molecule has 0 aromatic heterocycles. The predicted molar refractivity (Wildman–Crippen MR) is 86.0 cm³/mol. The summed E-state index contributed by atoms with van der Waals surface area (Å²) in [5.74, 6) is 0.312. The molecule has 6 nitrogen and oxygen atoms in total. The molecule has 2 fully saturated rings. The number of hydrogen-bond acceptors (Lipinski definition) is 4. The van der Waals surface area contributed by atoms with Gasteiger partial charge in [-0.15, -0.1) is 0 Å². The van der Waals surface area contributed by atoms with Crippen molar-refractivity contribution in [1.82, 2.24) is 9.80 Å². The Morgan fingerprint density at radius 3 is 2.27 bits per heavy atom. The Bertz CT molecular complexity index is 603. The maximum absolute atomic E-state index is 12.6. The molecule has 0 bridgehead atoms. The Balaban J connectivity index is 1.61. The van der Waals surface area contributed by atoms with Gasteiger partial charge in [0.2, 0.25) is 0 Å². The zero-order chi connectivity index (χ0) is 18.6. The third-order valence-electron chi connectivity index (χ3n) is 4.27. The molecule has 0 N–H and O–H groups in total. The SMILES string of the molecule is O=C(N1CCOCC1)N1CCOC[C@H](Oc2ccc(C(F)(F)F)cc2)C1. The fourth-order valence-electron chi connectivity index (χ4n) is 2.89. The van der Waals surface area contributed by atoms with E-state index in [1.165, 1.54) is 12.1 Å². The van der Waals surface area contributed by atoms with E-state index >= 15 is 0 Å². The third-order valence-corrected chi connectivity index (χ3v) is 4.27. The number of carbonyl (C=O) groups is 1. The molecule has 2 amide bonds. The molecule has 9 heteroatoms. The molecule has 1 aromatic rings. The number of carbonyl (C=O) groups excluding carboxylic acids is 1. The van der Waals surface area contributed by atoms with Crippen LogP contribution in [0.25, 0.3) is 0 Å². The molecular weight excluding hydrogens is 353 g/mol. The summed E-state index contributed by atoms with van der Waals surface area (Å²) in [6.45, 7) is 3.54. The molecule has 0 unspecified atom stereocenters. The minimum absolute atomic E-state index is 0.0974. The summed E-state index contributed by atoms with van der Waals surface area (Å²) >= 11 is 0. The second-order valence-electron chi connectivity index (χ2n) is 6.16. The normalized spacial score (nSPS) is 22.0. The number of morpholine rings is 1. The van der Waals surface area contributed by atoms with Gasteiger partial charge in [0.15, 0.2) is 0 Å². The van der Waals surface area contributed by atoms with Gasteiger partial charge in [0.05, 0.1) is 38.5 Å². The fraction of sp³-hybridized carbons (Fsp3) is 0.588. The molecule has 0 saturated carbocycles. The maximum atomic E-state index is 12.6. The van der Waals surface area contributed by atoms with Crippen LogP contribution in [-0.4, -0.2) is 74.5 Å². The molecule has 0 aliphatic carbocycles. The second-order valence-corrected chi connectivity index (χ2v) is 6.16. The second kappa shape index (κ2) is 8.13. The first-order chi connectivity index (χ1) is 12.4. The minimum Gasteiger partial charge on any atom is -0.486 e. The highest BCUT2D eigenvalue weighted by molar-refractivity contribution is 5.74. The molecule has 2 aliphatic heterocycles. The van der Waals surface area contributed by atoms with Gasteiger partial charge in [-0.05, 0) is 24.3 Å². The first-order valence-electron chi connectivity index (χ1n) is 8.47. The molecule has 26 heavy (non-hydrogen) atoms. The maximum Gasteiger partial charge on any atom is 0.416 e. The molecule has 1 aromatic carbocycles. The van der Waals surface area contributed by atoms with E-state index in [1.54, 1.807) is 9.80 Å². The molecule has 1 atom stereocenters. The van der Waals surface area contributed by atoms with Crippen molar-refractivity contribution >= 4 is 6.03 Å². The summed E-state index contributed by atoms with van der Waals surface area (Å²) < 4.78 is 54.4. The minimum atomic E-state index is -4.38. The van der Waals surface area contributed by atoms with E-state index in [9.17, 15) is 18.0 Å². The summed E-state index contributed by atoms with van der Waals surface area (Å²) in [4.78, 5) is 16.0. The van der Waals surface area contributed by atoms with Crippen LogP contribution in [0.1, 0.15) is 5.56 Å². The largest absolute Gasteiger partial charge is 0.486 e. The first kappa shape index (κ1) is 18.8. The monoisotopic (exact) mass is 374 g/mol. The fourth-order valence-corrected chi connectivity index (χ4v) is 2.89. The van der Waals surface area contributed by atoms with E-state index in [0.717, 1.165) is 12.1 Å². The summed E-state index contributed by atoms with van der Waals surface area (Å²) in [7, 11) is 0. The number of rotatable bonds is 2. The first-order valence-corrected chi connectivity index (χ1v) is 8.47. The molecule has 2 heterocycles. The van der Waals surface area contributed by atoms with Crippen molar-refractivity contribution in [3.8, 4) is 5.75 Å². The van der Waals surface area contributed by atoms with Crippen LogP contribution in [0.4, 0.5) is 18.0 Å². The van der Waals surface area contributed by atoms with Crippen molar-refractivity contribution in [1.29, 1.82) is 0 Å². The molecule has 3 rings (SSSR count). The molecule has 2 saturated heterocycles. The van der Waals surface area contributed by atoms with Crippen molar-refractivity contribution in [3.63, 3.8) is 0 Å². The van der Waals surface area contributed by atoms with Gasteiger partial charge in [0, 0.05) is 19.6 Å². The van der Waals surface area contributed by atoms with Crippen LogP contribution in [0, 0.1) is 0 Å². The standard InChI is InChI=1S/C17H21F3N2O4/c18-17(19,20)13-1-3-14(4-2-13)26-15-11-22(7-10-25-12-15)16(23)21-5-8-24-9-6-21/h1-4,15H,5-12H2/t15-/m1/s1. The quantitative estimate of drug-likeness (QED) is 0.797. The summed E-state index contributed by atoms with van der Waals surface area (Å²) in [6, 6.07) is 4.41. The van der Waals surface area contributed by atoms with Crippen LogP contribution >= 0.6 is 0 Å². The Hall–Kier alpha value is -2.00. The average molecular weight is 374 g/mol. The van der Waals surface area contributed by atoms with Crippen LogP contribution in [0.3, 0.4) is 0 Å². The number of hydrogen-bond donors (Lipinski definition) is 0. The van der Waals surface area contributed by atoms with E-state index in [1.807, 2.05) is 0 Å². The average Bonchev–Trinajstić information content (AvgIpc) is 2.87. The zero-order valence-electron chi connectivity index (χ0n) is 14.2. The van der Waals surface area contributed by atoms with Crippen LogP contribution in [0.2, 0.25) is 0 Å². The number of halogens is 3. The highest BCUT2D eigenvalue weighted by Gasteiger charge is 2.31. The zero-order valence-corrected chi connectivity index (χ0v) is 14.2. The number of benzene rings is 1. The van der Waals surface area contributed by atoms with Gasteiger partial charge in [0.25, 0.3) is 0 Å². The predicted octanol–water partition coefficient (Wildman–Crippen LogP) is 2.24. The lowest BCUT2D eigenvalue weighted by atomic mass is 10.2. The van der Waals surface area contributed by atoms with Gasteiger partial charge < -0.3 is 24.0 Å². The van der Waals surface area contributed by atoms with Gasteiger partial charge in [-0.2, -0.15) is 13.2 Å². The Morgan fingerprint density at radius 1 is 1.00 bits per heavy atom. The van der Waals surface area contributed by atoms with E-state index in [4.69, 9.17) is 14.2 Å². The van der Waals surface area contributed by atoms with Crippen LogP contribution < -0.4 is 4.74 Å². The topological polar surface area (TPSA) is 51.2 Å². The lowest BCUT2D eigenvalue weighted by molar-refractivity contribution is -0.137. The number of nitrogens with zero attached hydrogens (tertiary/aromatic N) is 2. The van der Waals surface area contributed by atoms with Gasteiger partial charge >= 0.3 is 12.2 Å². The van der Waals surface area contributed by atoms with Gasteiger partial charge in [-0.1, -0.05) is 0 Å². The van der Waals surface area contributed by atoms with Crippen LogP contribution in [0.15, 0.2) is 24.3 Å². The Kier molecular flexibility index (Phi) is 5.87. The van der Waals surface area contributed by atoms with Crippen molar-refractivity contribution in [2.75, 3.05) is 52.6 Å². The molecule has 2 aliphatic rings. The third kappa shape index (κ3) is 4.79. The molecule has 0 spiro atoms. The van der Waals surface area contributed by atoms with Crippen LogP contribution in [-0.2, 0) is 15.7 Å². The summed E-state index contributed by atoms with van der Waals surface area (Å²) in [5.41, 5.74) is -0.730. The summed E-state index contributed by atoms with van der Waals surface area (Å²) in [6.07, 6.45) is -4.83. The highest BCUT2D eigenvalue weighted by Crippen LogP contribution is 2.30. The molecular formula is C17H21F3N2O4. The highest BCUT2D eigenvalue weighted by atomic mass is 19.4. The van der Waals surface area contributed by atoms with Gasteiger partial charge in [0.1, 0.15) is 11.9 Å². The lowest BCUT2D eigenvalue weighted by Gasteiger charge is -2.33. The number of ether oxygens (including phenoxy) is 3. The molecule has 0 radical (unpaired) electrons. The number of urea groups is 1. The van der Waals surface area contributed by atoms with Crippen molar-refractivity contribution in [2.45, 2.75) is 12.3 Å². The van der Waals surface area contributed by atoms with Crippen molar-refractivity contribution in [3.05, 3.63) is 29.8 Å². The number of alkyl halides is 3. The van der Waals surface area contributed by atoms with Crippen molar-refractivity contribution in [2.24, 2.45) is 0 Å². The van der Waals surface area contributed by atoms with E-state index in [-0.39, 0.29) is 12.6 Å². The van der Waals surface area contributed by atoms with Gasteiger partial charge in [-0.25, -0.2) is 4.79 Å². The Labute approximate surface area is 149 Å². The van der Waals surface area contributed by atoms with Crippen LogP contribution in [0.5, 0.6) is 5.75 Å². The van der Waals surface area contributed by atoms with Gasteiger partial charge in [-0.3, -0.25) is 0 Å². The smallest absolute Gasteiger partial charge is 0.416 e. The summed E-state index contributed by atoms with van der Waals surface area (Å²) in [5, 5.41) is 0. The number of amides is 2. The Morgan fingerprint density at radius 2 is 1.62 bits per heavy atom.